The molecule has 0 spiro atoms. The molecule has 93 heavy (non-hydrogen) atoms. The zero-order valence-electron chi connectivity index (χ0n) is 49.9. The number of hydrogen-bond acceptors (Lipinski definition) is 11. The van der Waals surface area contributed by atoms with Gasteiger partial charge in [-0.25, -0.2) is 18.4 Å². The SMILES string of the molecule is CCOC(=O)c1c(-c2ccc(F)cc2)oc2cc([N+](=O)[O-])c(C)cc12.CCOC(=O)c1c(-c2ccc(F)cc2)oc2cc([N+](=O)[O-])ccc12.O=CO.[Cl][Pd][Cl].c1ccc(P(c2ccccc2)c2ccccc2)cc1.c1ccc(P(c2ccccc2)c2ccccc2)cc1. The molecule has 0 aliphatic rings. The first kappa shape index (κ1) is 70.9. The van der Waals surface area contributed by atoms with E-state index in [0.717, 1.165) is 0 Å². The standard InChI is InChI=1S/C18H14FNO5.2C18H15P.C17H12FNO5.CH2O2.2ClH.Pd/c1-3-24-18(21)16-13-8-10(2)14(20(22)23)9-15(13)25-17(16)11-4-6-12(19)7-5-11;2*1-4-10-16(11-5-1)19(17-12-6-2-7-13-17)18-14-8-3-9-15-18;1-2-23-17(20)15-13-8-7-12(19(21)22)9-14(13)24-16(15)10-3-5-11(18)6-4-10;2-1-3;;;/h4-9H,3H2,1-2H3;2*1-15H;3-9H,2H2,1H3;1H,(H,2,3);2*1H;/q;;;;;;;+2/p-2. The van der Waals surface area contributed by atoms with Crippen molar-refractivity contribution in [1.29, 1.82) is 0 Å². The number of non-ortho nitro benzene ring substituents is 1. The number of hydrogen-bond donors (Lipinski definition) is 1. The number of carboxylic acid groups (broad SMARTS) is 1. The summed E-state index contributed by atoms with van der Waals surface area (Å²) >= 11 is -0.106. The van der Waals surface area contributed by atoms with Crippen LogP contribution < -0.4 is 31.8 Å². The van der Waals surface area contributed by atoms with Crippen LogP contribution in [0.1, 0.15) is 40.1 Å². The van der Waals surface area contributed by atoms with Gasteiger partial charge in [0.15, 0.2) is 0 Å². The molecule has 0 atom stereocenters. The van der Waals surface area contributed by atoms with Crippen LogP contribution >= 0.6 is 34.9 Å². The van der Waals surface area contributed by atoms with Gasteiger partial charge in [-0.2, -0.15) is 0 Å². The summed E-state index contributed by atoms with van der Waals surface area (Å²) < 4.78 is 47.8. The van der Waals surface area contributed by atoms with Gasteiger partial charge in [0.1, 0.15) is 45.4 Å². The molecule has 10 aromatic carbocycles. The average molecular weight is 1420 g/mol. The number of benzene rings is 10. The van der Waals surface area contributed by atoms with E-state index in [9.17, 15) is 38.6 Å². The van der Waals surface area contributed by atoms with Gasteiger partial charge in [0.2, 0.25) is 0 Å². The first-order valence-corrected chi connectivity index (χ1v) is 34.9. The average Bonchev–Trinajstić information content (AvgIpc) is 1.65. The summed E-state index contributed by atoms with van der Waals surface area (Å²) in [6.45, 7) is 5.01. The first-order chi connectivity index (χ1) is 45.2. The van der Waals surface area contributed by atoms with Crippen LogP contribution in [0.2, 0.25) is 0 Å². The predicted octanol–water partition coefficient (Wildman–Crippen LogP) is 16.9. The summed E-state index contributed by atoms with van der Waals surface area (Å²) in [5.74, 6) is -1.69. The molecule has 21 heteroatoms. The maximum Gasteiger partial charge on any atom is -0.0134 e. The Hall–Kier alpha value is -9.55. The van der Waals surface area contributed by atoms with Crippen molar-refractivity contribution >= 4 is 118 Å². The van der Waals surface area contributed by atoms with E-state index in [4.69, 9.17) is 47.3 Å². The van der Waals surface area contributed by atoms with E-state index < -0.39 is 49.3 Å². The van der Waals surface area contributed by atoms with Crippen molar-refractivity contribution in [3.8, 4) is 22.6 Å². The molecule has 14 nitrogen and oxygen atoms in total. The molecule has 0 fully saturated rings. The topological polar surface area (TPSA) is 202 Å². The Kier molecular flexibility index (Phi) is 27.8. The van der Waals surface area contributed by atoms with Crippen LogP contribution in [-0.2, 0) is 30.2 Å². The van der Waals surface area contributed by atoms with Crippen molar-refractivity contribution in [3.63, 3.8) is 0 Å². The van der Waals surface area contributed by atoms with E-state index in [-0.39, 0.29) is 80.8 Å². The van der Waals surface area contributed by atoms with Crippen LogP contribution in [0.5, 0.6) is 0 Å². The van der Waals surface area contributed by atoms with Gasteiger partial charge in [-0.15, -0.1) is 0 Å². The number of carbonyl (C=O) groups is 3. The minimum atomic E-state index is -0.607. The minimum absolute atomic E-state index is 0.106. The van der Waals surface area contributed by atoms with E-state index in [1.165, 1.54) is 111 Å². The summed E-state index contributed by atoms with van der Waals surface area (Å²) in [6, 6.07) is 82.2. The second-order valence-electron chi connectivity index (χ2n) is 19.2. The number of fused-ring (bicyclic) bond motifs is 2. The fourth-order valence-corrected chi connectivity index (χ4v) is 14.0. The van der Waals surface area contributed by atoms with E-state index in [1.54, 1.807) is 20.8 Å². The number of ether oxygens (including phenoxy) is 2. The molecule has 476 valence electrons. The molecule has 0 amide bonds. The van der Waals surface area contributed by atoms with E-state index >= 15 is 0 Å². The summed E-state index contributed by atoms with van der Waals surface area (Å²) in [5.41, 5.74) is 1.79. The first-order valence-electron chi connectivity index (χ1n) is 28.3. The minimum Gasteiger partial charge on any atom is -0.0622 e. The van der Waals surface area contributed by atoms with Crippen molar-refractivity contribution in [3.05, 3.63) is 309 Å². The summed E-state index contributed by atoms with van der Waals surface area (Å²) in [7, 11) is 8.74. The second kappa shape index (κ2) is 36.5. The van der Waals surface area contributed by atoms with Gasteiger partial charge >= 0.3 is 46.9 Å². The molecule has 12 aromatic rings. The molecule has 0 aliphatic heterocycles. The summed E-state index contributed by atoms with van der Waals surface area (Å²) in [4.78, 5) is 54.1. The van der Waals surface area contributed by atoms with Crippen LogP contribution in [0.15, 0.2) is 270 Å². The maximum absolute atomic E-state index is 13.2. The predicted molar refractivity (Wildman–Crippen MR) is 364 cm³/mol. The van der Waals surface area contributed by atoms with Gasteiger partial charge in [-0.3, -0.25) is 25.0 Å². The maximum atomic E-state index is 13.2. The van der Waals surface area contributed by atoms with Gasteiger partial charge in [-0.1, -0.05) is 182 Å². The quantitative estimate of drug-likeness (QED) is 0.0270. The van der Waals surface area contributed by atoms with Crippen molar-refractivity contribution in [2.45, 2.75) is 20.8 Å². The summed E-state index contributed by atoms with van der Waals surface area (Å²) in [6.07, 6.45) is 0. The normalized spacial score (nSPS) is 10.4. The third kappa shape index (κ3) is 19.5. The van der Waals surface area contributed by atoms with Crippen LogP contribution in [0, 0.1) is 38.8 Å². The van der Waals surface area contributed by atoms with Crippen LogP contribution in [-0.4, -0.2) is 46.6 Å². The van der Waals surface area contributed by atoms with Crippen molar-refractivity contribution in [2.75, 3.05) is 13.2 Å². The Bertz CT molecular complexity index is 4050. The molecular weight excluding hydrogens is 1360 g/mol. The van der Waals surface area contributed by atoms with Crippen LogP contribution in [0.3, 0.4) is 0 Å². The molecule has 0 saturated heterocycles. The fourth-order valence-electron chi connectivity index (χ4n) is 9.41. The Morgan fingerprint density at radius 2 is 0.796 bits per heavy atom. The van der Waals surface area contributed by atoms with Crippen molar-refractivity contribution in [1.82, 2.24) is 0 Å². The molecule has 0 bridgehead atoms. The summed E-state index contributed by atoms with van der Waals surface area (Å²) in [5, 5.41) is 38.1. The Morgan fingerprint density at radius 3 is 1.09 bits per heavy atom. The zero-order chi connectivity index (χ0) is 66.7. The number of carbonyl (C=O) groups excluding carboxylic acids is 2. The van der Waals surface area contributed by atoms with Gasteiger partial charge in [0.05, 0.1) is 35.2 Å². The van der Waals surface area contributed by atoms with Crippen LogP contribution in [0.4, 0.5) is 20.2 Å². The smallest absolute Gasteiger partial charge is 0.0134 e. The van der Waals surface area contributed by atoms with Gasteiger partial charge < -0.3 is 23.4 Å². The number of aryl methyl sites for hydroxylation is 1. The third-order valence-corrected chi connectivity index (χ3v) is 18.2. The Morgan fingerprint density at radius 1 is 0.495 bits per heavy atom. The van der Waals surface area contributed by atoms with E-state index in [1.807, 2.05) is 0 Å². The number of nitrogens with zero attached hydrogens (tertiary/aromatic N) is 2. The molecule has 12 rings (SSSR count). The number of rotatable bonds is 14. The Balaban J connectivity index is 0.000000172. The number of nitro benzene ring substituents is 2. The monoisotopic (exact) mass is 1420 g/mol. The van der Waals surface area contributed by atoms with Crippen molar-refractivity contribution in [2.24, 2.45) is 0 Å². The molecular formula is C72H58Cl2F2N2O12P2Pd. The number of halogens is 4. The number of furan rings is 2. The molecule has 0 aliphatic carbocycles. The molecule has 2 heterocycles. The molecule has 2 aromatic heterocycles. The zero-order valence-corrected chi connectivity index (χ0v) is 54.7. The molecule has 0 saturated carbocycles. The van der Waals surface area contributed by atoms with Gasteiger partial charge in [0.25, 0.3) is 17.8 Å². The second-order valence-corrected chi connectivity index (χ2v) is 26.0. The number of nitro groups is 2. The van der Waals surface area contributed by atoms with Gasteiger partial charge in [0, 0.05) is 33.5 Å². The van der Waals surface area contributed by atoms with Gasteiger partial charge in [-0.05, 0) is 129 Å². The van der Waals surface area contributed by atoms with E-state index in [2.05, 4.69) is 182 Å². The van der Waals surface area contributed by atoms with Crippen LogP contribution in [0.25, 0.3) is 44.6 Å². The van der Waals surface area contributed by atoms with Crippen molar-refractivity contribution < 1.29 is 72.4 Å². The molecule has 0 radical (unpaired) electrons. The third-order valence-electron chi connectivity index (χ3n) is 13.3. The fraction of sp³-hybridized carbons (Fsp3) is 0.0694. The number of esters is 2. The molecule has 1 N–H and O–H groups in total. The Labute approximate surface area is 553 Å². The van der Waals surface area contributed by atoms with E-state index in [0.29, 0.717) is 27.5 Å². The largest absolute Gasteiger partial charge is 0.0622 e. The molecule has 0 unspecified atom stereocenters.